The van der Waals surface area contributed by atoms with Crippen molar-refractivity contribution in [3.05, 3.63) is 59.9 Å². The van der Waals surface area contributed by atoms with E-state index in [0.717, 1.165) is 5.56 Å². The first-order chi connectivity index (χ1) is 9.03. The van der Waals surface area contributed by atoms with Crippen LogP contribution in [-0.2, 0) is 5.54 Å². The lowest BCUT2D eigenvalue weighted by Crippen LogP contribution is -2.35. The molecule has 2 rings (SSSR count). The standard InChI is InChI=1S/C15H16FNO2/c1-15(10-18,11-2-8-14(19)9-3-11)17-13-6-4-12(16)5-7-13/h2-9,17-19H,10H2,1H3. The molecule has 19 heavy (non-hydrogen) atoms. The Labute approximate surface area is 111 Å². The number of aromatic hydroxyl groups is 1. The van der Waals surface area contributed by atoms with Crippen molar-refractivity contribution in [3.8, 4) is 5.75 Å². The monoisotopic (exact) mass is 261 g/mol. The van der Waals surface area contributed by atoms with Gasteiger partial charge in [-0.1, -0.05) is 12.1 Å². The van der Waals surface area contributed by atoms with Gasteiger partial charge in [0.05, 0.1) is 12.1 Å². The molecule has 1 atom stereocenters. The van der Waals surface area contributed by atoms with Crippen LogP contribution in [0.1, 0.15) is 12.5 Å². The van der Waals surface area contributed by atoms with Crippen LogP contribution in [0.2, 0.25) is 0 Å². The molecule has 0 aliphatic heterocycles. The smallest absolute Gasteiger partial charge is 0.123 e. The molecule has 0 aromatic heterocycles. The Kier molecular flexibility index (Phi) is 3.71. The average Bonchev–Trinajstić information content (AvgIpc) is 2.42. The van der Waals surface area contributed by atoms with E-state index in [0.29, 0.717) is 5.69 Å². The molecule has 0 aliphatic carbocycles. The number of phenolic OH excluding ortho intramolecular Hbond substituents is 1. The summed E-state index contributed by atoms with van der Waals surface area (Å²) in [5.41, 5.74) is 0.842. The molecule has 0 amide bonds. The number of rotatable bonds is 4. The molecule has 2 aromatic carbocycles. The van der Waals surface area contributed by atoms with E-state index in [4.69, 9.17) is 0 Å². The molecular formula is C15H16FNO2. The molecule has 0 saturated heterocycles. The minimum absolute atomic E-state index is 0.130. The summed E-state index contributed by atoms with van der Waals surface area (Å²) >= 11 is 0. The van der Waals surface area contributed by atoms with Crippen molar-refractivity contribution < 1.29 is 14.6 Å². The summed E-state index contributed by atoms with van der Waals surface area (Å²) in [6.45, 7) is 1.71. The van der Waals surface area contributed by atoms with E-state index in [2.05, 4.69) is 5.32 Å². The first kappa shape index (κ1) is 13.4. The Morgan fingerprint density at radius 2 is 1.63 bits per heavy atom. The van der Waals surface area contributed by atoms with Gasteiger partial charge in [0.1, 0.15) is 11.6 Å². The second kappa shape index (κ2) is 5.28. The highest BCUT2D eigenvalue weighted by atomic mass is 19.1. The number of nitrogens with one attached hydrogen (secondary N) is 1. The maximum atomic E-state index is 12.9. The fraction of sp³-hybridized carbons (Fsp3) is 0.200. The van der Waals surface area contributed by atoms with Gasteiger partial charge in [0.15, 0.2) is 0 Å². The summed E-state index contributed by atoms with van der Waals surface area (Å²) in [7, 11) is 0. The van der Waals surface area contributed by atoms with E-state index in [1.54, 1.807) is 36.4 Å². The Hall–Kier alpha value is -2.07. The highest BCUT2D eigenvalue weighted by Gasteiger charge is 2.25. The van der Waals surface area contributed by atoms with Crippen LogP contribution in [0.25, 0.3) is 0 Å². The highest BCUT2D eigenvalue weighted by molar-refractivity contribution is 5.48. The maximum absolute atomic E-state index is 12.9. The molecular weight excluding hydrogens is 245 g/mol. The van der Waals surface area contributed by atoms with Crippen molar-refractivity contribution in [1.82, 2.24) is 0 Å². The van der Waals surface area contributed by atoms with Crippen molar-refractivity contribution in [2.24, 2.45) is 0 Å². The van der Waals surface area contributed by atoms with Gasteiger partial charge >= 0.3 is 0 Å². The third kappa shape index (κ3) is 3.03. The third-order valence-electron chi connectivity index (χ3n) is 3.09. The minimum Gasteiger partial charge on any atom is -0.508 e. The van der Waals surface area contributed by atoms with Gasteiger partial charge in [0, 0.05) is 5.69 Å². The summed E-state index contributed by atoms with van der Waals surface area (Å²) in [5, 5.41) is 22.1. The van der Waals surface area contributed by atoms with Crippen LogP contribution in [0.3, 0.4) is 0 Å². The number of halogens is 1. The number of hydrogen-bond acceptors (Lipinski definition) is 3. The molecule has 0 saturated carbocycles. The number of phenols is 1. The second-order valence-electron chi connectivity index (χ2n) is 4.67. The van der Waals surface area contributed by atoms with E-state index in [1.807, 2.05) is 6.92 Å². The SMILES string of the molecule is CC(CO)(Nc1ccc(F)cc1)c1ccc(O)cc1. The largest absolute Gasteiger partial charge is 0.508 e. The highest BCUT2D eigenvalue weighted by Crippen LogP contribution is 2.27. The number of benzene rings is 2. The predicted molar refractivity (Wildman–Crippen MR) is 72.6 cm³/mol. The quantitative estimate of drug-likeness (QED) is 0.793. The van der Waals surface area contributed by atoms with E-state index >= 15 is 0 Å². The topological polar surface area (TPSA) is 52.5 Å². The minimum atomic E-state index is -0.703. The number of aliphatic hydroxyl groups is 1. The summed E-state index contributed by atoms with van der Waals surface area (Å²) in [6, 6.07) is 12.6. The van der Waals surface area contributed by atoms with Crippen molar-refractivity contribution >= 4 is 5.69 Å². The Morgan fingerprint density at radius 1 is 1.05 bits per heavy atom. The zero-order valence-electron chi connectivity index (χ0n) is 10.6. The van der Waals surface area contributed by atoms with Gasteiger partial charge in [-0.05, 0) is 48.9 Å². The van der Waals surface area contributed by atoms with Gasteiger partial charge in [-0.25, -0.2) is 4.39 Å². The first-order valence-electron chi connectivity index (χ1n) is 5.98. The van der Waals surface area contributed by atoms with E-state index < -0.39 is 5.54 Å². The Balaban J connectivity index is 2.27. The molecule has 1 unspecified atom stereocenters. The van der Waals surface area contributed by atoms with E-state index in [9.17, 15) is 14.6 Å². The Morgan fingerprint density at radius 3 is 2.16 bits per heavy atom. The first-order valence-corrected chi connectivity index (χ1v) is 5.98. The molecule has 0 radical (unpaired) electrons. The van der Waals surface area contributed by atoms with Gasteiger partial charge in [-0.2, -0.15) is 0 Å². The van der Waals surface area contributed by atoms with Crippen LogP contribution in [0.5, 0.6) is 5.75 Å². The van der Waals surface area contributed by atoms with Crippen molar-refractivity contribution in [2.75, 3.05) is 11.9 Å². The van der Waals surface area contributed by atoms with Crippen molar-refractivity contribution in [1.29, 1.82) is 0 Å². The van der Waals surface area contributed by atoms with Gasteiger partial charge in [0.25, 0.3) is 0 Å². The van der Waals surface area contributed by atoms with E-state index in [1.165, 1.54) is 12.1 Å². The van der Waals surface area contributed by atoms with Crippen molar-refractivity contribution in [2.45, 2.75) is 12.5 Å². The number of hydrogen-bond donors (Lipinski definition) is 3. The molecule has 3 N–H and O–H groups in total. The van der Waals surface area contributed by atoms with Gasteiger partial charge < -0.3 is 15.5 Å². The third-order valence-corrected chi connectivity index (χ3v) is 3.09. The fourth-order valence-corrected chi connectivity index (χ4v) is 1.88. The lowest BCUT2D eigenvalue weighted by atomic mass is 9.92. The fourth-order valence-electron chi connectivity index (χ4n) is 1.88. The summed E-state index contributed by atoms with van der Waals surface area (Å²) in [4.78, 5) is 0. The van der Waals surface area contributed by atoms with Crippen LogP contribution in [-0.4, -0.2) is 16.8 Å². The number of aliphatic hydroxyl groups excluding tert-OH is 1. The zero-order valence-corrected chi connectivity index (χ0v) is 10.6. The normalized spacial score (nSPS) is 13.8. The van der Waals surface area contributed by atoms with E-state index in [-0.39, 0.29) is 18.2 Å². The molecule has 4 heteroatoms. The molecule has 100 valence electrons. The van der Waals surface area contributed by atoms with Gasteiger partial charge in [-0.3, -0.25) is 0 Å². The van der Waals surface area contributed by atoms with Gasteiger partial charge in [-0.15, -0.1) is 0 Å². The Bertz CT molecular complexity index is 539. The van der Waals surface area contributed by atoms with Crippen molar-refractivity contribution in [3.63, 3.8) is 0 Å². The molecule has 0 aliphatic rings. The second-order valence-corrected chi connectivity index (χ2v) is 4.67. The molecule has 0 heterocycles. The van der Waals surface area contributed by atoms with Crippen LogP contribution in [0.15, 0.2) is 48.5 Å². The molecule has 3 nitrogen and oxygen atoms in total. The van der Waals surface area contributed by atoms with Gasteiger partial charge in [0.2, 0.25) is 0 Å². The molecule has 0 bridgehead atoms. The molecule has 0 fully saturated rings. The zero-order chi connectivity index (χ0) is 13.9. The predicted octanol–water partition coefficient (Wildman–Crippen LogP) is 2.85. The molecule has 0 spiro atoms. The average molecular weight is 261 g/mol. The molecule has 2 aromatic rings. The lowest BCUT2D eigenvalue weighted by molar-refractivity contribution is 0.224. The van der Waals surface area contributed by atoms with Crippen LogP contribution < -0.4 is 5.32 Å². The van der Waals surface area contributed by atoms with Crippen LogP contribution >= 0.6 is 0 Å². The summed E-state index contributed by atoms with van der Waals surface area (Å²) in [6.07, 6.45) is 0. The van der Waals surface area contributed by atoms with Crippen LogP contribution in [0.4, 0.5) is 10.1 Å². The lowest BCUT2D eigenvalue weighted by Gasteiger charge is -2.30. The number of anilines is 1. The maximum Gasteiger partial charge on any atom is 0.123 e. The van der Waals surface area contributed by atoms with Crippen LogP contribution in [0, 0.1) is 5.82 Å². The summed E-state index contributed by atoms with van der Waals surface area (Å²) < 4.78 is 12.9. The summed E-state index contributed by atoms with van der Waals surface area (Å²) in [5.74, 6) is -0.133.